The number of nitrogens with one attached hydrogen (secondary N) is 1. The van der Waals surface area contributed by atoms with E-state index in [1.54, 1.807) is 4.90 Å². The fourth-order valence-electron chi connectivity index (χ4n) is 2.97. The Morgan fingerprint density at radius 2 is 1.86 bits per heavy atom. The average molecular weight is 286 g/mol. The molecular weight excluding hydrogens is 264 g/mol. The van der Waals surface area contributed by atoms with Gasteiger partial charge in [0.2, 0.25) is 11.8 Å². The molecule has 1 aliphatic heterocycles. The van der Waals surface area contributed by atoms with Crippen molar-refractivity contribution in [1.29, 1.82) is 0 Å². The van der Waals surface area contributed by atoms with Gasteiger partial charge >= 0.3 is 0 Å². The Morgan fingerprint density at radius 3 is 2.48 bits per heavy atom. The lowest BCUT2D eigenvalue weighted by Gasteiger charge is -2.44. The van der Waals surface area contributed by atoms with Gasteiger partial charge in [-0.25, -0.2) is 0 Å². The van der Waals surface area contributed by atoms with E-state index in [1.807, 2.05) is 32.0 Å². The minimum Gasteiger partial charge on any atom is -0.342 e. The second kappa shape index (κ2) is 5.17. The van der Waals surface area contributed by atoms with Gasteiger partial charge in [0.15, 0.2) is 0 Å². The molecule has 0 aromatic heterocycles. The number of rotatable bonds is 4. The van der Waals surface area contributed by atoms with Crippen LogP contribution in [0.1, 0.15) is 32.3 Å². The monoisotopic (exact) mass is 286 g/mol. The third kappa shape index (κ3) is 2.67. The minimum atomic E-state index is -0.767. The topological polar surface area (TPSA) is 49.4 Å². The van der Waals surface area contributed by atoms with Crippen LogP contribution < -0.4 is 5.32 Å². The summed E-state index contributed by atoms with van der Waals surface area (Å²) < 4.78 is 0. The van der Waals surface area contributed by atoms with Crippen LogP contribution in [0.4, 0.5) is 0 Å². The highest BCUT2D eigenvalue weighted by Gasteiger charge is 2.50. The summed E-state index contributed by atoms with van der Waals surface area (Å²) in [7, 11) is 0. The van der Waals surface area contributed by atoms with Gasteiger partial charge in [-0.05, 0) is 44.6 Å². The molecule has 1 aromatic rings. The fourth-order valence-corrected chi connectivity index (χ4v) is 2.97. The number of hydrogen-bond acceptors (Lipinski definition) is 2. The first-order valence-corrected chi connectivity index (χ1v) is 7.66. The molecule has 112 valence electrons. The average Bonchev–Trinajstić information content (AvgIpc) is 3.28. The number of nitrogens with zero attached hydrogens (tertiary/aromatic N) is 1. The van der Waals surface area contributed by atoms with Crippen LogP contribution in [0.5, 0.6) is 0 Å². The highest BCUT2D eigenvalue weighted by molar-refractivity contribution is 5.99. The van der Waals surface area contributed by atoms with E-state index in [-0.39, 0.29) is 17.9 Å². The Kier molecular flexibility index (Phi) is 3.47. The lowest BCUT2D eigenvalue weighted by atomic mass is 9.93. The van der Waals surface area contributed by atoms with Gasteiger partial charge in [-0.15, -0.1) is 0 Å². The molecule has 1 aliphatic carbocycles. The Hall–Kier alpha value is -1.84. The Morgan fingerprint density at radius 1 is 1.19 bits per heavy atom. The van der Waals surface area contributed by atoms with Gasteiger partial charge in [-0.3, -0.25) is 9.59 Å². The minimum absolute atomic E-state index is 0.0351. The van der Waals surface area contributed by atoms with Gasteiger partial charge < -0.3 is 10.2 Å². The van der Waals surface area contributed by atoms with E-state index in [1.165, 1.54) is 5.56 Å². The highest BCUT2D eigenvalue weighted by atomic mass is 16.2. The summed E-state index contributed by atoms with van der Waals surface area (Å²) in [4.78, 5) is 26.8. The van der Waals surface area contributed by atoms with Crippen molar-refractivity contribution in [3.05, 3.63) is 35.9 Å². The highest BCUT2D eigenvalue weighted by Crippen LogP contribution is 2.36. The zero-order chi connectivity index (χ0) is 15.0. The molecule has 1 saturated carbocycles. The van der Waals surface area contributed by atoms with Gasteiger partial charge in [0, 0.05) is 6.54 Å². The third-order valence-corrected chi connectivity index (χ3v) is 4.61. The standard InChI is InChI=1S/C17H22N2O2/c1-17(2)16(21)18-14(13-8-9-13)15(20)19(17)11-10-12-6-4-3-5-7-12/h3-7,13-14H,8-11H2,1-2H3,(H,18,21). The van der Waals surface area contributed by atoms with Crippen LogP contribution in [0.15, 0.2) is 30.3 Å². The van der Waals surface area contributed by atoms with E-state index < -0.39 is 5.54 Å². The Labute approximate surface area is 125 Å². The summed E-state index contributed by atoms with van der Waals surface area (Å²) in [6, 6.07) is 9.79. The number of carbonyl (C=O) groups is 2. The molecule has 2 amide bonds. The second-order valence-electron chi connectivity index (χ2n) is 6.57. The van der Waals surface area contributed by atoms with Crippen LogP contribution >= 0.6 is 0 Å². The summed E-state index contributed by atoms with van der Waals surface area (Å²) in [5.74, 6) is 0.391. The maximum atomic E-state index is 12.7. The molecule has 0 radical (unpaired) electrons. The SMILES string of the molecule is CC1(C)C(=O)NC(C2CC2)C(=O)N1CCc1ccccc1. The normalized spacial score (nSPS) is 24.9. The number of hydrogen-bond donors (Lipinski definition) is 1. The van der Waals surface area contributed by atoms with Crippen molar-refractivity contribution in [1.82, 2.24) is 10.2 Å². The molecule has 0 spiro atoms. The number of amides is 2. The van der Waals surface area contributed by atoms with Gasteiger partial charge in [-0.1, -0.05) is 30.3 Å². The van der Waals surface area contributed by atoms with E-state index in [0.717, 1.165) is 19.3 Å². The van der Waals surface area contributed by atoms with Crippen molar-refractivity contribution in [3.8, 4) is 0 Å². The van der Waals surface area contributed by atoms with Crippen molar-refractivity contribution in [2.75, 3.05) is 6.54 Å². The molecule has 1 aromatic carbocycles. The van der Waals surface area contributed by atoms with Crippen LogP contribution in [-0.2, 0) is 16.0 Å². The van der Waals surface area contributed by atoms with E-state index in [9.17, 15) is 9.59 Å². The van der Waals surface area contributed by atoms with Crippen LogP contribution in [0, 0.1) is 5.92 Å². The quantitative estimate of drug-likeness (QED) is 0.916. The molecule has 1 N–H and O–H groups in total. The van der Waals surface area contributed by atoms with Gasteiger partial charge in [0.25, 0.3) is 0 Å². The van der Waals surface area contributed by atoms with E-state index in [2.05, 4.69) is 17.4 Å². The van der Waals surface area contributed by atoms with Crippen LogP contribution in [0.2, 0.25) is 0 Å². The van der Waals surface area contributed by atoms with Crippen molar-refractivity contribution in [2.45, 2.75) is 44.7 Å². The molecule has 1 heterocycles. The molecule has 1 atom stereocenters. The maximum Gasteiger partial charge on any atom is 0.246 e. The zero-order valence-electron chi connectivity index (χ0n) is 12.6. The lowest BCUT2D eigenvalue weighted by Crippen LogP contribution is -2.69. The summed E-state index contributed by atoms with van der Waals surface area (Å²) in [6.07, 6.45) is 2.87. The second-order valence-corrected chi connectivity index (χ2v) is 6.57. The predicted molar refractivity (Wildman–Crippen MR) is 80.6 cm³/mol. The van der Waals surface area contributed by atoms with Gasteiger partial charge in [0.1, 0.15) is 11.6 Å². The van der Waals surface area contributed by atoms with Crippen molar-refractivity contribution in [3.63, 3.8) is 0 Å². The Balaban J connectivity index is 1.75. The number of carbonyl (C=O) groups excluding carboxylic acids is 2. The van der Waals surface area contributed by atoms with Crippen molar-refractivity contribution in [2.24, 2.45) is 5.92 Å². The Bertz CT molecular complexity index is 549. The smallest absolute Gasteiger partial charge is 0.246 e. The van der Waals surface area contributed by atoms with E-state index in [0.29, 0.717) is 12.5 Å². The van der Waals surface area contributed by atoms with E-state index >= 15 is 0 Å². The van der Waals surface area contributed by atoms with Crippen LogP contribution in [0.3, 0.4) is 0 Å². The molecule has 4 heteroatoms. The molecule has 4 nitrogen and oxygen atoms in total. The molecular formula is C17H22N2O2. The molecule has 1 saturated heterocycles. The first-order chi connectivity index (χ1) is 10.00. The van der Waals surface area contributed by atoms with Gasteiger partial charge in [-0.2, -0.15) is 0 Å². The molecule has 0 bridgehead atoms. The van der Waals surface area contributed by atoms with Crippen LogP contribution in [-0.4, -0.2) is 34.8 Å². The van der Waals surface area contributed by atoms with E-state index in [4.69, 9.17) is 0 Å². The van der Waals surface area contributed by atoms with Crippen molar-refractivity contribution < 1.29 is 9.59 Å². The first kappa shape index (κ1) is 14.1. The molecule has 2 fully saturated rings. The fraction of sp³-hybridized carbons (Fsp3) is 0.529. The predicted octanol–water partition coefficient (Wildman–Crippen LogP) is 1.74. The molecule has 2 aliphatic rings. The maximum absolute atomic E-state index is 12.7. The zero-order valence-corrected chi connectivity index (χ0v) is 12.6. The van der Waals surface area contributed by atoms with Crippen molar-refractivity contribution >= 4 is 11.8 Å². The lowest BCUT2D eigenvalue weighted by molar-refractivity contribution is -0.155. The number of piperazine rings is 1. The molecule has 1 unspecified atom stereocenters. The summed E-state index contributed by atoms with van der Waals surface area (Å²) in [5, 5.41) is 2.92. The van der Waals surface area contributed by atoms with Gasteiger partial charge in [0.05, 0.1) is 0 Å². The largest absolute Gasteiger partial charge is 0.342 e. The van der Waals surface area contributed by atoms with Crippen LogP contribution in [0.25, 0.3) is 0 Å². The molecule has 21 heavy (non-hydrogen) atoms. The summed E-state index contributed by atoms with van der Waals surface area (Å²) in [6.45, 7) is 4.25. The third-order valence-electron chi connectivity index (χ3n) is 4.61. The summed E-state index contributed by atoms with van der Waals surface area (Å²) >= 11 is 0. The number of benzene rings is 1. The summed E-state index contributed by atoms with van der Waals surface area (Å²) in [5.41, 5.74) is 0.423. The molecule has 3 rings (SSSR count). The first-order valence-electron chi connectivity index (χ1n) is 7.66.